The van der Waals surface area contributed by atoms with Gasteiger partial charge in [0.25, 0.3) is 0 Å². The topological polar surface area (TPSA) is 51.4 Å². The number of ether oxygens (including phenoxy) is 1. The molecule has 1 unspecified atom stereocenters. The first-order valence-corrected chi connectivity index (χ1v) is 6.22. The second-order valence-corrected chi connectivity index (χ2v) is 4.82. The standard InChI is InChI=1S/C13H21N3O/c1-10(2)13(14)11-3-4-12(15-9-11)16-5-7-17-8-6-16/h3-4,9-10,13H,5-8,14H2,1-2H3. The zero-order valence-electron chi connectivity index (χ0n) is 10.6. The van der Waals surface area contributed by atoms with Crippen LogP contribution in [0.4, 0.5) is 5.82 Å². The lowest BCUT2D eigenvalue weighted by Gasteiger charge is -2.28. The largest absolute Gasteiger partial charge is 0.378 e. The van der Waals surface area contributed by atoms with Crippen LogP contribution in [-0.4, -0.2) is 31.3 Å². The lowest BCUT2D eigenvalue weighted by Crippen LogP contribution is -2.36. The molecule has 0 amide bonds. The predicted molar refractivity (Wildman–Crippen MR) is 69.0 cm³/mol. The molecule has 2 N–H and O–H groups in total. The van der Waals surface area contributed by atoms with Crippen LogP contribution in [0.5, 0.6) is 0 Å². The van der Waals surface area contributed by atoms with Crippen LogP contribution in [0.3, 0.4) is 0 Å². The molecule has 2 rings (SSSR count). The van der Waals surface area contributed by atoms with Crippen molar-refractivity contribution in [1.82, 2.24) is 4.98 Å². The Balaban J connectivity index is 2.06. The number of morpholine rings is 1. The van der Waals surface area contributed by atoms with E-state index in [2.05, 4.69) is 35.9 Å². The van der Waals surface area contributed by atoms with Crippen LogP contribution in [0.1, 0.15) is 25.5 Å². The summed E-state index contributed by atoms with van der Waals surface area (Å²) in [4.78, 5) is 6.74. The Hall–Kier alpha value is -1.13. The molecule has 0 saturated carbocycles. The average molecular weight is 235 g/mol. The van der Waals surface area contributed by atoms with Crippen LogP contribution in [0.15, 0.2) is 18.3 Å². The summed E-state index contributed by atoms with van der Waals surface area (Å²) in [6.07, 6.45) is 1.90. The third-order valence-corrected chi connectivity index (χ3v) is 3.21. The Kier molecular flexibility index (Phi) is 3.97. The number of nitrogens with two attached hydrogens (primary N) is 1. The molecule has 1 aromatic rings. The minimum atomic E-state index is 0.0706. The number of pyridine rings is 1. The van der Waals surface area contributed by atoms with Crippen LogP contribution < -0.4 is 10.6 Å². The highest BCUT2D eigenvalue weighted by Gasteiger charge is 2.14. The molecule has 0 aromatic carbocycles. The minimum Gasteiger partial charge on any atom is -0.378 e. The van der Waals surface area contributed by atoms with E-state index in [1.165, 1.54) is 0 Å². The van der Waals surface area contributed by atoms with Gasteiger partial charge in [-0.2, -0.15) is 0 Å². The van der Waals surface area contributed by atoms with Crippen molar-refractivity contribution in [2.24, 2.45) is 11.7 Å². The van der Waals surface area contributed by atoms with E-state index in [1.807, 2.05) is 6.20 Å². The summed E-state index contributed by atoms with van der Waals surface area (Å²) in [6.45, 7) is 7.66. The molecule has 1 atom stereocenters. The zero-order valence-corrected chi connectivity index (χ0v) is 10.6. The van der Waals surface area contributed by atoms with E-state index in [1.54, 1.807) is 0 Å². The summed E-state index contributed by atoms with van der Waals surface area (Å²) < 4.78 is 5.33. The summed E-state index contributed by atoms with van der Waals surface area (Å²) in [5.41, 5.74) is 7.20. The monoisotopic (exact) mass is 235 g/mol. The summed E-state index contributed by atoms with van der Waals surface area (Å²) in [6, 6.07) is 4.21. The highest BCUT2D eigenvalue weighted by Crippen LogP contribution is 2.20. The van der Waals surface area contributed by atoms with Crippen molar-refractivity contribution < 1.29 is 4.74 Å². The Morgan fingerprint density at radius 3 is 2.53 bits per heavy atom. The number of anilines is 1. The van der Waals surface area contributed by atoms with Gasteiger partial charge in [-0.25, -0.2) is 4.98 Å². The second-order valence-electron chi connectivity index (χ2n) is 4.82. The number of nitrogens with zero attached hydrogens (tertiary/aromatic N) is 2. The van der Waals surface area contributed by atoms with E-state index in [9.17, 15) is 0 Å². The van der Waals surface area contributed by atoms with E-state index in [-0.39, 0.29) is 6.04 Å². The zero-order chi connectivity index (χ0) is 12.3. The molecular formula is C13H21N3O. The van der Waals surface area contributed by atoms with Crippen molar-refractivity contribution >= 4 is 5.82 Å². The molecule has 4 heteroatoms. The third kappa shape index (κ3) is 2.96. The highest BCUT2D eigenvalue weighted by molar-refractivity contribution is 5.40. The van der Waals surface area contributed by atoms with Gasteiger partial charge in [0.2, 0.25) is 0 Å². The van der Waals surface area contributed by atoms with Crippen molar-refractivity contribution in [3.63, 3.8) is 0 Å². The fraction of sp³-hybridized carbons (Fsp3) is 0.615. The number of aromatic nitrogens is 1. The van der Waals surface area contributed by atoms with E-state index < -0.39 is 0 Å². The van der Waals surface area contributed by atoms with Gasteiger partial charge in [-0.15, -0.1) is 0 Å². The van der Waals surface area contributed by atoms with Gasteiger partial charge < -0.3 is 15.4 Å². The molecular weight excluding hydrogens is 214 g/mol. The van der Waals surface area contributed by atoms with Crippen molar-refractivity contribution in [3.8, 4) is 0 Å². The predicted octanol–water partition coefficient (Wildman–Crippen LogP) is 1.57. The van der Waals surface area contributed by atoms with Gasteiger partial charge >= 0.3 is 0 Å². The first kappa shape index (κ1) is 12.3. The molecule has 1 aliphatic heterocycles. The Bertz CT molecular complexity index is 344. The van der Waals surface area contributed by atoms with Gasteiger partial charge in [-0.3, -0.25) is 0 Å². The molecule has 2 heterocycles. The minimum absolute atomic E-state index is 0.0706. The lowest BCUT2D eigenvalue weighted by atomic mass is 9.99. The summed E-state index contributed by atoms with van der Waals surface area (Å²) >= 11 is 0. The number of rotatable bonds is 3. The third-order valence-electron chi connectivity index (χ3n) is 3.21. The SMILES string of the molecule is CC(C)C(N)c1ccc(N2CCOCC2)nc1. The van der Waals surface area contributed by atoms with Gasteiger partial charge in [0.05, 0.1) is 13.2 Å². The maximum Gasteiger partial charge on any atom is 0.128 e. The van der Waals surface area contributed by atoms with Gasteiger partial charge in [0, 0.05) is 25.3 Å². The van der Waals surface area contributed by atoms with Crippen LogP contribution >= 0.6 is 0 Å². The van der Waals surface area contributed by atoms with Crippen molar-refractivity contribution in [2.45, 2.75) is 19.9 Å². The van der Waals surface area contributed by atoms with Crippen LogP contribution in [-0.2, 0) is 4.74 Å². The molecule has 0 radical (unpaired) electrons. The van der Waals surface area contributed by atoms with Crippen molar-refractivity contribution in [3.05, 3.63) is 23.9 Å². The molecule has 1 saturated heterocycles. The second kappa shape index (κ2) is 5.47. The summed E-state index contributed by atoms with van der Waals surface area (Å²) in [5, 5.41) is 0. The van der Waals surface area contributed by atoms with Gasteiger partial charge in [-0.1, -0.05) is 19.9 Å². The first-order chi connectivity index (χ1) is 8.18. The molecule has 1 aromatic heterocycles. The Labute approximate surface area is 103 Å². The average Bonchev–Trinajstić information content (AvgIpc) is 2.39. The van der Waals surface area contributed by atoms with Gasteiger partial charge in [-0.05, 0) is 17.5 Å². The van der Waals surface area contributed by atoms with E-state index in [4.69, 9.17) is 10.5 Å². The van der Waals surface area contributed by atoms with E-state index in [0.717, 1.165) is 37.7 Å². The molecule has 0 spiro atoms. The number of hydrogen-bond acceptors (Lipinski definition) is 4. The fourth-order valence-corrected chi connectivity index (χ4v) is 1.96. The molecule has 1 aliphatic rings. The maximum absolute atomic E-state index is 6.09. The summed E-state index contributed by atoms with van der Waals surface area (Å²) in [5.74, 6) is 1.46. The lowest BCUT2D eigenvalue weighted by molar-refractivity contribution is 0.122. The first-order valence-electron chi connectivity index (χ1n) is 6.22. The number of hydrogen-bond donors (Lipinski definition) is 1. The van der Waals surface area contributed by atoms with Crippen LogP contribution in [0, 0.1) is 5.92 Å². The quantitative estimate of drug-likeness (QED) is 0.864. The Morgan fingerprint density at radius 1 is 1.29 bits per heavy atom. The molecule has 94 valence electrons. The Morgan fingerprint density at radius 2 is 2.00 bits per heavy atom. The molecule has 17 heavy (non-hydrogen) atoms. The van der Waals surface area contributed by atoms with Crippen molar-refractivity contribution in [2.75, 3.05) is 31.2 Å². The van der Waals surface area contributed by atoms with E-state index in [0.29, 0.717) is 5.92 Å². The van der Waals surface area contributed by atoms with Crippen molar-refractivity contribution in [1.29, 1.82) is 0 Å². The molecule has 1 fully saturated rings. The maximum atomic E-state index is 6.09. The highest BCUT2D eigenvalue weighted by atomic mass is 16.5. The van der Waals surface area contributed by atoms with E-state index >= 15 is 0 Å². The molecule has 4 nitrogen and oxygen atoms in total. The van der Waals surface area contributed by atoms with Gasteiger partial charge in [0.1, 0.15) is 5.82 Å². The smallest absolute Gasteiger partial charge is 0.128 e. The molecule has 0 aliphatic carbocycles. The summed E-state index contributed by atoms with van der Waals surface area (Å²) in [7, 11) is 0. The molecule has 0 bridgehead atoms. The van der Waals surface area contributed by atoms with Crippen LogP contribution in [0.2, 0.25) is 0 Å². The fourth-order valence-electron chi connectivity index (χ4n) is 1.96. The van der Waals surface area contributed by atoms with Crippen LogP contribution in [0.25, 0.3) is 0 Å². The van der Waals surface area contributed by atoms with Gasteiger partial charge in [0.15, 0.2) is 0 Å². The normalized spacial score (nSPS) is 18.5.